The van der Waals surface area contributed by atoms with Crippen molar-refractivity contribution >= 4 is 34.1 Å². The fraction of sp³-hybridized carbons (Fsp3) is 0.421. The van der Waals surface area contributed by atoms with Gasteiger partial charge in [0.1, 0.15) is 18.4 Å². The van der Waals surface area contributed by atoms with Gasteiger partial charge in [0.05, 0.1) is 11.6 Å². The summed E-state index contributed by atoms with van der Waals surface area (Å²) < 4.78 is 11.3. The van der Waals surface area contributed by atoms with Gasteiger partial charge in [0.15, 0.2) is 11.5 Å². The Morgan fingerprint density at radius 1 is 1.19 bits per heavy atom. The van der Waals surface area contributed by atoms with Crippen molar-refractivity contribution in [3.8, 4) is 11.5 Å². The SMILES string of the molecule is CC(=O)N1N=C(C2CC2)CC1c1cc2cc3c(cc2nc1Cl)OCCO3. The molecule has 26 heavy (non-hydrogen) atoms. The van der Waals surface area contributed by atoms with Gasteiger partial charge in [0.2, 0.25) is 5.91 Å². The molecule has 1 saturated carbocycles. The number of hydrazone groups is 1. The molecular weight excluding hydrogens is 354 g/mol. The van der Waals surface area contributed by atoms with Gasteiger partial charge in [-0.05, 0) is 30.9 Å². The van der Waals surface area contributed by atoms with E-state index in [9.17, 15) is 4.79 Å². The smallest absolute Gasteiger partial charge is 0.240 e. The average molecular weight is 372 g/mol. The Labute approximate surface area is 155 Å². The molecule has 7 heteroatoms. The van der Waals surface area contributed by atoms with E-state index in [1.165, 1.54) is 6.92 Å². The van der Waals surface area contributed by atoms with Gasteiger partial charge in [-0.15, -0.1) is 0 Å². The third-order valence-electron chi connectivity index (χ3n) is 5.12. The van der Waals surface area contributed by atoms with Gasteiger partial charge in [0, 0.05) is 36.1 Å². The number of amides is 1. The average Bonchev–Trinajstić information content (AvgIpc) is 3.38. The molecule has 134 valence electrons. The molecule has 1 aromatic heterocycles. The lowest BCUT2D eigenvalue weighted by Crippen LogP contribution is -2.24. The Bertz CT molecular complexity index is 955. The quantitative estimate of drug-likeness (QED) is 0.755. The lowest BCUT2D eigenvalue weighted by molar-refractivity contribution is -0.130. The maximum atomic E-state index is 12.1. The summed E-state index contributed by atoms with van der Waals surface area (Å²) in [6, 6.07) is 5.57. The van der Waals surface area contributed by atoms with Crippen LogP contribution in [0.1, 0.15) is 37.8 Å². The highest BCUT2D eigenvalue weighted by atomic mass is 35.5. The fourth-order valence-electron chi connectivity index (χ4n) is 3.67. The Morgan fingerprint density at radius 3 is 2.62 bits per heavy atom. The summed E-state index contributed by atoms with van der Waals surface area (Å²) >= 11 is 6.51. The van der Waals surface area contributed by atoms with Gasteiger partial charge >= 0.3 is 0 Å². The van der Waals surface area contributed by atoms with E-state index >= 15 is 0 Å². The molecule has 2 aromatic rings. The summed E-state index contributed by atoms with van der Waals surface area (Å²) in [6.45, 7) is 2.60. The first-order valence-corrected chi connectivity index (χ1v) is 9.25. The van der Waals surface area contributed by atoms with Crippen LogP contribution in [0.4, 0.5) is 0 Å². The zero-order valence-electron chi connectivity index (χ0n) is 14.4. The molecule has 6 nitrogen and oxygen atoms in total. The van der Waals surface area contributed by atoms with Crippen LogP contribution in [0.3, 0.4) is 0 Å². The number of rotatable bonds is 2. The van der Waals surface area contributed by atoms with E-state index in [-0.39, 0.29) is 11.9 Å². The number of nitrogens with zero attached hydrogens (tertiary/aromatic N) is 3. The van der Waals surface area contributed by atoms with Crippen molar-refractivity contribution < 1.29 is 14.3 Å². The summed E-state index contributed by atoms with van der Waals surface area (Å²) in [6.07, 6.45) is 3.04. The van der Waals surface area contributed by atoms with Crippen molar-refractivity contribution in [2.75, 3.05) is 13.2 Å². The lowest BCUT2D eigenvalue weighted by atomic mass is 10.00. The molecule has 0 bridgehead atoms. The zero-order valence-corrected chi connectivity index (χ0v) is 15.1. The van der Waals surface area contributed by atoms with Crippen molar-refractivity contribution in [3.05, 3.63) is 28.9 Å². The largest absolute Gasteiger partial charge is 0.486 e. The number of carbonyl (C=O) groups excluding carboxylic acids is 1. The van der Waals surface area contributed by atoms with Gasteiger partial charge in [-0.25, -0.2) is 9.99 Å². The number of fused-ring (bicyclic) bond motifs is 2. The first-order chi connectivity index (χ1) is 12.6. The van der Waals surface area contributed by atoms with Crippen LogP contribution in [0.5, 0.6) is 11.5 Å². The second kappa shape index (κ2) is 5.84. The van der Waals surface area contributed by atoms with Crippen molar-refractivity contribution in [1.29, 1.82) is 0 Å². The predicted octanol–water partition coefficient (Wildman–Crippen LogP) is 3.72. The van der Waals surface area contributed by atoms with E-state index < -0.39 is 0 Å². The van der Waals surface area contributed by atoms with E-state index in [1.54, 1.807) is 5.01 Å². The Hall–Kier alpha value is -2.34. The molecule has 5 rings (SSSR count). The number of benzene rings is 1. The number of hydrogen-bond acceptors (Lipinski definition) is 5. The molecule has 0 spiro atoms. The van der Waals surface area contributed by atoms with Crippen molar-refractivity contribution in [2.45, 2.75) is 32.2 Å². The molecule has 1 amide bonds. The Balaban J connectivity index is 1.57. The topological polar surface area (TPSA) is 64.0 Å². The molecule has 2 aliphatic heterocycles. The molecule has 1 unspecified atom stereocenters. The van der Waals surface area contributed by atoms with E-state index in [2.05, 4.69) is 10.1 Å². The Kier molecular flexibility index (Phi) is 3.57. The summed E-state index contributed by atoms with van der Waals surface area (Å²) in [5.41, 5.74) is 2.67. The standard InChI is InChI=1S/C19H18ClN3O3/c1-10(24)23-16(8-15(22-23)11-2-3-11)13-6-12-7-17-18(26-5-4-25-17)9-14(12)21-19(13)20/h6-7,9,11,16H,2-5,8H2,1H3. The molecule has 1 aliphatic carbocycles. The lowest BCUT2D eigenvalue weighted by Gasteiger charge is -2.22. The number of aromatic nitrogens is 1. The van der Waals surface area contributed by atoms with Crippen LogP contribution < -0.4 is 9.47 Å². The van der Waals surface area contributed by atoms with Gasteiger partial charge in [-0.2, -0.15) is 5.10 Å². The van der Waals surface area contributed by atoms with Crippen LogP contribution in [0, 0.1) is 5.92 Å². The second-order valence-corrected chi connectivity index (χ2v) is 7.36. The molecule has 3 heterocycles. The number of ether oxygens (including phenoxy) is 2. The third kappa shape index (κ3) is 2.60. The molecule has 0 N–H and O–H groups in total. The minimum Gasteiger partial charge on any atom is -0.486 e. The number of pyridine rings is 1. The predicted molar refractivity (Wildman–Crippen MR) is 97.8 cm³/mol. The minimum atomic E-state index is -0.194. The molecule has 1 fully saturated rings. The van der Waals surface area contributed by atoms with E-state index in [1.807, 2.05) is 18.2 Å². The minimum absolute atomic E-state index is 0.0796. The van der Waals surface area contributed by atoms with Crippen LogP contribution >= 0.6 is 11.6 Å². The number of carbonyl (C=O) groups is 1. The first-order valence-electron chi connectivity index (χ1n) is 8.87. The highest BCUT2D eigenvalue weighted by Crippen LogP contribution is 2.43. The van der Waals surface area contributed by atoms with Crippen LogP contribution in [0.15, 0.2) is 23.3 Å². The summed E-state index contributed by atoms with van der Waals surface area (Å²) in [5, 5.41) is 7.44. The monoisotopic (exact) mass is 371 g/mol. The number of hydrogen-bond donors (Lipinski definition) is 0. The highest BCUT2D eigenvalue weighted by molar-refractivity contribution is 6.30. The zero-order chi connectivity index (χ0) is 17.8. The summed E-state index contributed by atoms with van der Waals surface area (Å²) in [4.78, 5) is 16.7. The second-order valence-electron chi connectivity index (χ2n) is 7.01. The van der Waals surface area contributed by atoms with Crippen molar-refractivity contribution in [1.82, 2.24) is 9.99 Å². The van der Waals surface area contributed by atoms with Crippen LogP contribution in [0.2, 0.25) is 5.15 Å². The summed E-state index contributed by atoms with van der Waals surface area (Å²) in [5.74, 6) is 1.84. The molecule has 0 saturated heterocycles. The van der Waals surface area contributed by atoms with Gasteiger partial charge < -0.3 is 9.47 Å². The van der Waals surface area contributed by atoms with Gasteiger partial charge in [-0.3, -0.25) is 4.79 Å². The van der Waals surface area contributed by atoms with Crippen molar-refractivity contribution in [2.24, 2.45) is 11.0 Å². The Morgan fingerprint density at radius 2 is 1.92 bits per heavy atom. The fourth-order valence-corrected chi connectivity index (χ4v) is 3.94. The van der Waals surface area contributed by atoms with E-state index in [0.717, 1.165) is 41.4 Å². The van der Waals surface area contributed by atoms with Crippen LogP contribution in [-0.4, -0.2) is 34.8 Å². The molecular formula is C19H18ClN3O3. The first kappa shape index (κ1) is 15.9. The summed E-state index contributed by atoms with van der Waals surface area (Å²) in [7, 11) is 0. The van der Waals surface area contributed by atoms with E-state index in [0.29, 0.717) is 35.8 Å². The molecule has 1 atom stereocenters. The molecule has 1 aromatic carbocycles. The van der Waals surface area contributed by atoms with E-state index in [4.69, 9.17) is 21.1 Å². The maximum absolute atomic E-state index is 12.1. The maximum Gasteiger partial charge on any atom is 0.240 e. The van der Waals surface area contributed by atoms with Crippen LogP contribution in [-0.2, 0) is 4.79 Å². The third-order valence-corrected chi connectivity index (χ3v) is 5.43. The van der Waals surface area contributed by atoms with Crippen molar-refractivity contribution in [3.63, 3.8) is 0 Å². The van der Waals surface area contributed by atoms with Crippen LogP contribution in [0.25, 0.3) is 10.9 Å². The number of halogens is 1. The molecule has 0 radical (unpaired) electrons. The normalized spacial score (nSPS) is 21.8. The van der Waals surface area contributed by atoms with Gasteiger partial charge in [-0.1, -0.05) is 11.6 Å². The highest BCUT2D eigenvalue weighted by Gasteiger charge is 2.39. The molecule has 3 aliphatic rings. The van der Waals surface area contributed by atoms with Gasteiger partial charge in [0.25, 0.3) is 0 Å².